The van der Waals surface area contributed by atoms with Crippen LogP contribution in [0.4, 0.5) is 5.69 Å². The first-order valence-corrected chi connectivity index (χ1v) is 10.4. The minimum atomic E-state index is 0.227. The van der Waals surface area contributed by atoms with Crippen molar-refractivity contribution in [3.8, 4) is 0 Å². The lowest BCUT2D eigenvalue weighted by Crippen LogP contribution is -2.31. The van der Waals surface area contributed by atoms with E-state index in [0.29, 0.717) is 6.04 Å². The number of nitrogens with one attached hydrogen (secondary N) is 1. The maximum Gasteiger partial charge on any atom is 0.132 e. The second-order valence-corrected chi connectivity index (χ2v) is 7.35. The van der Waals surface area contributed by atoms with Crippen molar-refractivity contribution in [1.29, 1.82) is 0 Å². The number of likely N-dealkylation sites (tertiary alicyclic amines) is 1. The second kappa shape index (κ2) is 12.7. The van der Waals surface area contributed by atoms with E-state index in [1.165, 1.54) is 25.9 Å². The van der Waals surface area contributed by atoms with E-state index in [4.69, 9.17) is 0 Å². The first-order chi connectivity index (χ1) is 13.0. The fraction of sp³-hybridized carbons (Fsp3) is 0.762. The quantitative estimate of drug-likeness (QED) is 0.807. The maximum atomic E-state index is 10.9. The van der Waals surface area contributed by atoms with Crippen LogP contribution in [0.5, 0.6) is 0 Å². The van der Waals surface area contributed by atoms with E-state index in [9.17, 15) is 9.59 Å². The zero-order valence-electron chi connectivity index (χ0n) is 17.8. The van der Waals surface area contributed by atoms with E-state index in [1.54, 1.807) is 6.92 Å². The monoisotopic (exact) mass is 378 g/mol. The molecule has 1 aromatic rings. The van der Waals surface area contributed by atoms with Crippen LogP contribution in [0.25, 0.3) is 0 Å². The Morgan fingerprint density at radius 2 is 1.74 bits per heavy atom. The summed E-state index contributed by atoms with van der Waals surface area (Å²) in [5.41, 5.74) is 1.10. The smallest absolute Gasteiger partial charge is 0.132 e. The molecule has 1 aromatic heterocycles. The molecule has 0 unspecified atom stereocenters. The number of ketones is 1. The first kappa shape index (κ1) is 23.3. The summed E-state index contributed by atoms with van der Waals surface area (Å²) < 4.78 is 2.10. The maximum absolute atomic E-state index is 10.9. The minimum absolute atomic E-state index is 0.227. The zero-order valence-corrected chi connectivity index (χ0v) is 17.8. The molecule has 1 N–H and O–H groups in total. The van der Waals surface area contributed by atoms with Crippen molar-refractivity contribution in [3.63, 3.8) is 0 Å². The third-order valence-corrected chi connectivity index (χ3v) is 5.49. The molecule has 0 radical (unpaired) electrons. The summed E-state index contributed by atoms with van der Waals surface area (Å²) in [7, 11) is 4.11. The largest absolute Gasteiger partial charge is 0.386 e. The van der Waals surface area contributed by atoms with E-state index >= 15 is 0 Å². The predicted octanol–water partition coefficient (Wildman–Crippen LogP) is 3.80. The Kier molecular flexibility index (Phi) is 10.9. The normalized spacial score (nSPS) is 23.3. The number of Topliss-reactive ketones (excluding diaryl/α,β-unsaturated/α-hetero) is 1. The molecule has 6 nitrogen and oxygen atoms in total. The molecule has 6 heteroatoms. The van der Waals surface area contributed by atoms with Gasteiger partial charge < -0.3 is 15.0 Å². The number of anilines is 1. The van der Waals surface area contributed by atoms with Crippen molar-refractivity contribution in [2.24, 2.45) is 11.8 Å². The van der Waals surface area contributed by atoms with E-state index in [1.807, 2.05) is 27.1 Å². The Morgan fingerprint density at radius 3 is 2.19 bits per heavy atom. The van der Waals surface area contributed by atoms with E-state index in [-0.39, 0.29) is 17.6 Å². The Hall–Kier alpha value is -1.69. The van der Waals surface area contributed by atoms with Gasteiger partial charge in [-0.2, -0.15) is 5.10 Å². The minimum Gasteiger partial charge on any atom is -0.386 e. The Bertz CT molecular complexity index is 542. The molecular weight excluding hydrogens is 340 g/mol. The summed E-state index contributed by atoms with van der Waals surface area (Å²) in [6, 6.07) is 0.591. The standard InChI is InChI=1S/C10H18N4.C9H14O2.C2H6/c1-11-9-7-12-14(8-9)10-3-5-13(2)6-4-10;1-7(11)9-4-2-8(6-10)3-5-9;1-2/h7-8,10-11H,3-6H2,1-2H3;6,8-9H,2-5H2,1H3;1-2H3. The number of aldehydes is 1. The molecule has 1 aliphatic heterocycles. The van der Waals surface area contributed by atoms with Gasteiger partial charge in [-0.15, -0.1) is 0 Å². The Morgan fingerprint density at radius 1 is 1.15 bits per heavy atom. The highest BCUT2D eigenvalue weighted by atomic mass is 16.1. The lowest BCUT2D eigenvalue weighted by molar-refractivity contribution is -0.123. The topological polar surface area (TPSA) is 67.2 Å². The second-order valence-electron chi connectivity index (χ2n) is 7.35. The van der Waals surface area contributed by atoms with Crippen molar-refractivity contribution in [3.05, 3.63) is 12.4 Å². The van der Waals surface area contributed by atoms with E-state index < -0.39 is 0 Å². The van der Waals surface area contributed by atoms with Gasteiger partial charge in [0.05, 0.1) is 17.9 Å². The van der Waals surface area contributed by atoms with Gasteiger partial charge in [0.2, 0.25) is 0 Å². The van der Waals surface area contributed by atoms with Crippen LogP contribution in [0.2, 0.25) is 0 Å². The van der Waals surface area contributed by atoms with Gasteiger partial charge in [0.1, 0.15) is 12.1 Å². The molecule has 0 aromatic carbocycles. The van der Waals surface area contributed by atoms with Crippen LogP contribution < -0.4 is 5.32 Å². The van der Waals surface area contributed by atoms with Crippen LogP contribution in [0, 0.1) is 11.8 Å². The van der Waals surface area contributed by atoms with Gasteiger partial charge in [0.15, 0.2) is 0 Å². The predicted molar refractivity (Wildman–Crippen MR) is 111 cm³/mol. The van der Waals surface area contributed by atoms with Crippen molar-refractivity contribution in [1.82, 2.24) is 14.7 Å². The molecule has 1 saturated carbocycles. The molecule has 0 bridgehead atoms. The first-order valence-electron chi connectivity index (χ1n) is 10.4. The number of carbonyl (C=O) groups excluding carboxylic acids is 2. The lowest BCUT2D eigenvalue weighted by Gasteiger charge is -2.28. The van der Waals surface area contributed by atoms with Crippen molar-refractivity contribution in [2.75, 3.05) is 32.5 Å². The molecule has 2 aliphatic rings. The summed E-state index contributed by atoms with van der Waals surface area (Å²) in [5.74, 6) is 0.756. The Labute approximate surface area is 164 Å². The van der Waals surface area contributed by atoms with Gasteiger partial charge in [-0.1, -0.05) is 13.8 Å². The highest BCUT2D eigenvalue weighted by molar-refractivity contribution is 5.78. The van der Waals surface area contributed by atoms with Gasteiger partial charge in [-0.25, -0.2) is 0 Å². The zero-order chi connectivity index (χ0) is 20.2. The van der Waals surface area contributed by atoms with Crippen molar-refractivity contribution >= 4 is 17.8 Å². The van der Waals surface area contributed by atoms with Gasteiger partial charge in [0.25, 0.3) is 0 Å². The average Bonchev–Trinajstić information content (AvgIpc) is 3.20. The number of rotatable bonds is 4. The van der Waals surface area contributed by atoms with Gasteiger partial charge in [0, 0.05) is 25.1 Å². The van der Waals surface area contributed by atoms with Crippen LogP contribution in [0.1, 0.15) is 65.3 Å². The van der Waals surface area contributed by atoms with Gasteiger partial charge >= 0.3 is 0 Å². The third-order valence-electron chi connectivity index (χ3n) is 5.49. The molecule has 3 rings (SSSR count). The van der Waals surface area contributed by atoms with Crippen LogP contribution >= 0.6 is 0 Å². The number of aromatic nitrogens is 2. The molecule has 1 aliphatic carbocycles. The van der Waals surface area contributed by atoms with E-state index in [2.05, 4.69) is 33.2 Å². The molecular formula is C21H38N4O2. The van der Waals surface area contributed by atoms with Gasteiger partial charge in [-0.3, -0.25) is 9.48 Å². The third kappa shape index (κ3) is 7.83. The fourth-order valence-electron chi connectivity index (χ4n) is 3.59. The van der Waals surface area contributed by atoms with Crippen LogP contribution in [-0.2, 0) is 9.59 Å². The molecule has 0 spiro atoms. The molecule has 2 fully saturated rings. The highest BCUT2D eigenvalue weighted by Crippen LogP contribution is 2.27. The van der Waals surface area contributed by atoms with Crippen molar-refractivity contribution < 1.29 is 9.59 Å². The summed E-state index contributed by atoms with van der Waals surface area (Å²) in [5, 5.41) is 7.47. The fourth-order valence-corrected chi connectivity index (χ4v) is 3.59. The van der Waals surface area contributed by atoms with E-state index in [0.717, 1.165) is 37.7 Å². The molecule has 2 heterocycles. The number of piperidine rings is 1. The number of hydrogen-bond acceptors (Lipinski definition) is 5. The molecule has 27 heavy (non-hydrogen) atoms. The van der Waals surface area contributed by atoms with Crippen LogP contribution in [0.15, 0.2) is 12.4 Å². The summed E-state index contributed by atoms with van der Waals surface area (Å²) in [6.45, 7) is 8.00. The van der Waals surface area contributed by atoms with Crippen LogP contribution in [-0.4, -0.2) is 53.9 Å². The Balaban J connectivity index is 0.000000254. The van der Waals surface area contributed by atoms with Crippen LogP contribution in [0.3, 0.4) is 0 Å². The molecule has 1 saturated heterocycles. The van der Waals surface area contributed by atoms with Crippen molar-refractivity contribution in [2.45, 2.75) is 65.3 Å². The average molecular weight is 379 g/mol. The number of hydrogen-bond donors (Lipinski definition) is 1. The highest BCUT2D eigenvalue weighted by Gasteiger charge is 2.23. The molecule has 154 valence electrons. The van der Waals surface area contributed by atoms with Gasteiger partial charge in [-0.05, 0) is 65.6 Å². The SMILES string of the molecule is CC.CC(=O)C1CCC(C=O)CC1.CNc1cnn(C2CCN(C)CC2)c1. The molecule has 0 atom stereocenters. The summed E-state index contributed by atoms with van der Waals surface area (Å²) >= 11 is 0. The lowest BCUT2D eigenvalue weighted by atomic mass is 9.81. The number of nitrogens with zero attached hydrogens (tertiary/aromatic N) is 3. The summed E-state index contributed by atoms with van der Waals surface area (Å²) in [4.78, 5) is 23.6. The molecule has 0 amide bonds. The number of carbonyl (C=O) groups is 2. The summed E-state index contributed by atoms with van der Waals surface area (Å²) in [6.07, 6.45) is 11.1.